The number of nitrogens with zero attached hydrogens (tertiary/aromatic N) is 2. The fraction of sp³-hybridized carbons (Fsp3) is 0.833. The molecule has 1 N–H and O–H groups in total. The SMILES string of the molecule is CC(C)COCCNc1nc(C(C)(C)C)ns1. The summed E-state index contributed by atoms with van der Waals surface area (Å²) in [5.74, 6) is 1.48. The number of anilines is 1. The molecule has 0 unspecified atom stereocenters. The molecule has 0 aliphatic heterocycles. The molecule has 0 saturated heterocycles. The Labute approximate surface area is 108 Å². The second kappa shape index (κ2) is 6.31. The van der Waals surface area contributed by atoms with Crippen LogP contribution in [0, 0.1) is 5.92 Å². The molecule has 0 spiro atoms. The van der Waals surface area contributed by atoms with Gasteiger partial charge in [-0.1, -0.05) is 34.6 Å². The van der Waals surface area contributed by atoms with Crippen molar-refractivity contribution in [2.24, 2.45) is 5.92 Å². The average molecular weight is 257 g/mol. The Hall–Kier alpha value is -0.680. The molecule has 5 heteroatoms. The fourth-order valence-corrected chi connectivity index (χ4v) is 1.93. The Morgan fingerprint density at radius 2 is 2.06 bits per heavy atom. The van der Waals surface area contributed by atoms with Crippen molar-refractivity contribution in [3.8, 4) is 0 Å². The number of hydrogen-bond donors (Lipinski definition) is 1. The van der Waals surface area contributed by atoms with Crippen LogP contribution in [0.25, 0.3) is 0 Å². The van der Waals surface area contributed by atoms with E-state index in [1.54, 1.807) is 0 Å². The van der Waals surface area contributed by atoms with Gasteiger partial charge in [-0.05, 0) is 5.92 Å². The molecule has 4 nitrogen and oxygen atoms in total. The highest BCUT2D eigenvalue weighted by Gasteiger charge is 2.19. The second-order valence-corrected chi connectivity index (χ2v) is 6.32. The van der Waals surface area contributed by atoms with Crippen LogP contribution in [-0.2, 0) is 10.2 Å². The maximum absolute atomic E-state index is 5.48. The summed E-state index contributed by atoms with van der Waals surface area (Å²) in [6, 6.07) is 0. The molecule has 0 saturated carbocycles. The van der Waals surface area contributed by atoms with E-state index in [4.69, 9.17) is 4.74 Å². The first kappa shape index (κ1) is 14.4. The van der Waals surface area contributed by atoms with Crippen LogP contribution in [0.15, 0.2) is 0 Å². The van der Waals surface area contributed by atoms with E-state index in [0.29, 0.717) is 12.5 Å². The normalized spacial score (nSPS) is 12.1. The zero-order valence-corrected chi connectivity index (χ0v) is 12.2. The molecule has 0 aliphatic rings. The highest BCUT2D eigenvalue weighted by Crippen LogP contribution is 2.22. The van der Waals surface area contributed by atoms with Gasteiger partial charge in [0.15, 0.2) is 0 Å². The second-order valence-electron chi connectivity index (χ2n) is 5.57. The van der Waals surface area contributed by atoms with Gasteiger partial charge in [-0.2, -0.15) is 4.37 Å². The first-order valence-electron chi connectivity index (χ1n) is 6.05. The third-order valence-electron chi connectivity index (χ3n) is 2.07. The molecule has 17 heavy (non-hydrogen) atoms. The summed E-state index contributed by atoms with van der Waals surface area (Å²) >= 11 is 1.41. The van der Waals surface area contributed by atoms with E-state index in [2.05, 4.69) is 49.3 Å². The maximum atomic E-state index is 5.48. The topological polar surface area (TPSA) is 47.0 Å². The van der Waals surface area contributed by atoms with Gasteiger partial charge in [-0.15, -0.1) is 0 Å². The molecule has 0 radical (unpaired) electrons. The van der Waals surface area contributed by atoms with Gasteiger partial charge in [-0.25, -0.2) is 4.98 Å². The molecule has 0 aromatic carbocycles. The molecule has 1 aromatic heterocycles. The summed E-state index contributed by atoms with van der Waals surface area (Å²) < 4.78 is 9.83. The van der Waals surface area contributed by atoms with Crippen molar-refractivity contribution in [1.29, 1.82) is 0 Å². The Morgan fingerprint density at radius 3 is 2.59 bits per heavy atom. The summed E-state index contributed by atoms with van der Waals surface area (Å²) in [6.45, 7) is 12.9. The lowest BCUT2D eigenvalue weighted by atomic mass is 9.96. The Kier molecular flexibility index (Phi) is 5.33. The summed E-state index contributed by atoms with van der Waals surface area (Å²) in [6.07, 6.45) is 0. The Bertz CT molecular complexity index is 331. The van der Waals surface area contributed by atoms with Gasteiger partial charge in [0.05, 0.1) is 6.61 Å². The Balaban J connectivity index is 2.26. The van der Waals surface area contributed by atoms with Crippen molar-refractivity contribution < 1.29 is 4.74 Å². The van der Waals surface area contributed by atoms with Gasteiger partial charge in [0.2, 0.25) is 5.13 Å². The summed E-state index contributed by atoms with van der Waals surface area (Å²) in [4.78, 5) is 4.46. The van der Waals surface area contributed by atoms with Crippen molar-refractivity contribution in [2.45, 2.75) is 40.0 Å². The Morgan fingerprint density at radius 1 is 1.35 bits per heavy atom. The van der Waals surface area contributed by atoms with Crippen molar-refractivity contribution in [3.63, 3.8) is 0 Å². The van der Waals surface area contributed by atoms with E-state index in [1.807, 2.05) is 0 Å². The molecule has 0 bridgehead atoms. The molecular formula is C12H23N3OS. The minimum atomic E-state index is 0.0184. The zero-order valence-electron chi connectivity index (χ0n) is 11.4. The molecule has 0 fully saturated rings. The molecule has 0 atom stereocenters. The van der Waals surface area contributed by atoms with E-state index in [1.165, 1.54) is 11.5 Å². The molecule has 1 aromatic rings. The monoisotopic (exact) mass is 257 g/mol. The summed E-state index contributed by atoms with van der Waals surface area (Å²) in [5, 5.41) is 4.11. The molecule has 1 rings (SSSR count). The summed E-state index contributed by atoms with van der Waals surface area (Å²) in [5.41, 5.74) is 0.0184. The predicted molar refractivity (Wildman–Crippen MR) is 72.8 cm³/mol. The van der Waals surface area contributed by atoms with Crippen LogP contribution >= 0.6 is 11.5 Å². The molecule has 98 valence electrons. The van der Waals surface area contributed by atoms with E-state index in [0.717, 1.165) is 24.1 Å². The van der Waals surface area contributed by atoms with Crippen LogP contribution in [0.1, 0.15) is 40.4 Å². The highest BCUT2D eigenvalue weighted by atomic mass is 32.1. The molecule has 0 amide bonds. The third-order valence-corrected chi connectivity index (χ3v) is 2.74. The van der Waals surface area contributed by atoms with Crippen LogP contribution in [0.3, 0.4) is 0 Å². The van der Waals surface area contributed by atoms with Crippen molar-refractivity contribution in [1.82, 2.24) is 9.36 Å². The lowest BCUT2D eigenvalue weighted by Crippen LogP contribution is -2.14. The van der Waals surface area contributed by atoms with E-state index in [9.17, 15) is 0 Å². The number of rotatable bonds is 6. The van der Waals surface area contributed by atoms with Gasteiger partial charge < -0.3 is 10.1 Å². The van der Waals surface area contributed by atoms with E-state index < -0.39 is 0 Å². The minimum Gasteiger partial charge on any atom is -0.379 e. The van der Waals surface area contributed by atoms with Crippen molar-refractivity contribution in [2.75, 3.05) is 25.1 Å². The van der Waals surface area contributed by atoms with Gasteiger partial charge in [0.25, 0.3) is 0 Å². The van der Waals surface area contributed by atoms with Gasteiger partial charge >= 0.3 is 0 Å². The minimum absolute atomic E-state index is 0.0184. The molecule has 1 heterocycles. The average Bonchev–Trinajstić information content (AvgIpc) is 2.64. The van der Waals surface area contributed by atoms with Crippen molar-refractivity contribution >= 4 is 16.7 Å². The number of hydrogen-bond acceptors (Lipinski definition) is 5. The van der Waals surface area contributed by atoms with E-state index >= 15 is 0 Å². The third kappa shape index (κ3) is 5.46. The number of ether oxygens (including phenoxy) is 1. The number of aromatic nitrogens is 2. The fourth-order valence-electron chi connectivity index (χ4n) is 1.15. The zero-order chi connectivity index (χ0) is 12.9. The van der Waals surface area contributed by atoms with Gasteiger partial charge in [-0.3, -0.25) is 0 Å². The van der Waals surface area contributed by atoms with Crippen LogP contribution in [0.5, 0.6) is 0 Å². The van der Waals surface area contributed by atoms with Crippen LogP contribution < -0.4 is 5.32 Å². The first-order chi connectivity index (χ1) is 7.89. The summed E-state index contributed by atoms with van der Waals surface area (Å²) in [7, 11) is 0. The largest absolute Gasteiger partial charge is 0.379 e. The standard InChI is InChI=1S/C12H23N3OS/c1-9(2)8-16-7-6-13-11-14-10(15-17-11)12(3,4)5/h9H,6-8H2,1-5H3,(H,13,14,15). The number of nitrogens with one attached hydrogen (secondary N) is 1. The lowest BCUT2D eigenvalue weighted by molar-refractivity contribution is 0.118. The predicted octanol–water partition coefficient (Wildman–Crippen LogP) is 2.92. The van der Waals surface area contributed by atoms with E-state index in [-0.39, 0.29) is 5.41 Å². The molecule has 0 aliphatic carbocycles. The van der Waals surface area contributed by atoms with Gasteiger partial charge in [0.1, 0.15) is 5.82 Å². The highest BCUT2D eigenvalue weighted by molar-refractivity contribution is 7.09. The van der Waals surface area contributed by atoms with Crippen LogP contribution in [-0.4, -0.2) is 29.1 Å². The van der Waals surface area contributed by atoms with Crippen LogP contribution in [0.4, 0.5) is 5.13 Å². The quantitative estimate of drug-likeness (QED) is 0.796. The lowest BCUT2D eigenvalue weighted by Gasteiger charge is -2.12. The first-order valence-corrected chi connectivity index (χ1v) is 6.82. The van der Waals surface area contributed by atoms with Gasteiger partial charge in [0, 0.05) is 30.1 Å². The smallest absolute Gasteiger partial charge is 0.202 e. The van der Waals surface area contributed by atoms with Crippen LogP contribution in [0.2, 0.25) is 0 Å². The maximum Gasteiger partial charge on any atom is 0.202 e. The molecular weight excluding hydrogens is 234 g/mol. The van der Waals surface area contributed by atoms with Crippen molar-refractivity contribution in [3.05, 3.63) is 5.82 Å².